The minimum Gasteiger partial charge on any atom is -0.294 e. The zero-order valence-electron chi connectivity index (χ0n) is 11.3. The fourth-order valence-corrected chi connectivity index (χ4v) is 2.78. The van der Waals surface area contributed by atoms with E-state index in [1.807, 2.05) is 6.07 Å². The Kier molecular flexibility index (Phi) is 3.20. The summed E-state index contributed by atoms with van der Waals surface area (Å²) in [6.45, 7) is 2.12. The van der Waals surface area contributed by atoms with Crippen molar-refractivity contribution in [2.24, 2.45) is 0 Å². The van der Waals surface area contributed by atoms with Crippen LogP contribution in [-0.4, -0.2) is 5.78 Å². The van der Waals surface area contributed by atoms with Crippen LogP contribution in [0.5, 0.6) is 0 Å². The van der Waals surface area contributed by atoms with Crippen molar-refractivity contribution >= 4 is 5.78 Å². The van der Waals surface area contributed by atoms with Crippen LogP contribution in [0.1, 0.15) is 47.7 Å². The van der Waals surface area contributed by atoms with E-state index in [4.69, 9.17) is 0 Å². The minimum atomic E-state index is 0.272. The lowest BCUT2D eigenvalue weighted by Gasteiger charge is -2.05. The third-order valence-electron chi connectivity index (χ3n) is 3.88. The lowest BCUT2D eigenvalue weighted by Crippen LogP contribution is -1.99. The van der Waals surface area contributed by atoms with E-state index in [0.717, 1.165) is 24.8 Å². The van der Waals surface area contributed by atoms with Gasteiger partial charge in [0.05, 0.1) is 0 Å². The first-order chi connectivity index (χ1) is 9.29. The summed E-state index contributed by atoms with van der Waals surface area (Å²) in [5.74, 6) is 0.272. The molecule has 0 spiro atoms. The van der Waals surface area contributed by atoms with Gasteiger partial charge < -0.3 is 0 Å². The third kappa shape index (κ3) is 2.21. The zero-order valence-corrected chi connectivity index (χ0v) is 11.3. The highest BCUT2D eigenvalue weighted by atomic mass is 16.1. The van der Waals surface area contributed by atoms with Crippen LogP contribution in [0.2, 0.25) is 0 Å². The molecule has 0 aromatic heterocycles. The Labute approximate surface area is 114 Å². The van der Waals surface area contributed by atoms with Crippen LogP contribution in [0.15, 0.2) is 42.5 Å². The van der Waals surface area contributed by atoms with Crippen molar-refractivity contribution in [3.63, 3.8) is 0 Å². The largest absolute Gasteiger partial charge is 0.294 e. The first kappa shape index (κ1) is 12.2. The SMILES string of the molecule is CCCCC(=O)c1ccc2c(c1)-c1ccccc1C2. The zero-order chi connectivity index (χ0) is 13.2. The molecule has 0 atom stereocenters. The number of unbranched alkanes of at least 4 members (excludes halogenated alkanes) is 1. The minimum absolute atomic E-state index is 0.272. The van der Waals surface area contributed by atoms with Gasteiger partial charge in [0.2, 0.25) is 0 Å². The van der Waals surface area contributed by atoms with Crippen molar-refractivity contribution in [2.75, 3.05) is 0 Å². The Morgan fingerprint density at radius 2 is 1.84 bits per heavy atom. The Hall–Kier alpha value is -1.89. The molecule has 2 aromatic carbocycles. The highest BCUT2D eigenvalue weighted by molar-refractivity contribution is 5.98. The lowest BCUT2D eigenvalue weighted by atomic mass is 9.99. The molecule has 3 rings (SSSR count). The van der Waals surface area contributed by atoms with E-state index in [0.29, 0.717) is 6.42 Å². The van der Waals surface area contributed by atoms with E-state index in [2.05, 4.69) is 43.3 Å². The Bertz CT molecular complexity index is 625. The van der Waals surface area contributed by atoms with E-state index in [9.17, 15) is 4.79 Å². The number of benzene rings is 2. The van der Waals surface area contributed by atoms with Gasteiger partial charge in [-0.2, -0.15) is 0 Å². The molecule has 0 aliphatic heterocycles. The molecule has 1 nitrogen and oxygen atoms in total. The second-order valence-corrected chi connectivity index (χ2v) is 5.23. The summed E-state index contributed by atoms with van der Waals surface area (Å²) in [5, 5.41) is 0. The van der Waals surface area contributed by atoms with E-state index in [1.165, 1.54) is 22.3 Å². The van der Waals surface area contributed by atoms with Crippen LogP contribution in [-0.2, 0) is 6.42 Å². The van der Waals surface area contributed by atoms with Crippen molar-refractivity contribution in [3.05, 3.63) is 59.2 Å². The van der Waals surface area contributed by atoms with E-state index in [-0.39, 0.29) is 5.78 Å². The first-order valence-corrected chi connectivity index (χ1v) is 7.04. The summed E-state index contributed by atoms with van der Waals surface area (Å²) in [4.78, 5) is 12.1. The van der Waals surface area contributed by atoms with Gasteiger partial charge in [0.25, 0.3) is 0 Å². The third-order valence-corrected chi connectivity index (χ3v) is 3.88. The summed E-state index contributed by atoms with van der Waals surface area (Å²) in [7, 11) is 0. The predicted octanol–water partition coefficient (Wildman–Crippen LogP) is 4.63. The van der Waals surface area contributed by atoms with Gasteiger partial charge in [-0.25, -0.2) is 0 Å². The molecule has 96 valence electrons. The summed E-state index contributed by atoms with van der Waals surface area (Å²) in [6, 6.07) is 14.7. The van der Waals surface area contributed by atoms with Crippen LogP contribution in [0.4, 0.5) is 0 Å². The van der Waals surface area contributed by atoms with E-state index in [1.54, 1.807) is 0 Å². The monoisotopic (exact) mass is 250 g/mol. The van der Waals surface area contributed by atoms with Gasteiger partial charge in [0.15, 0.2) is 5.78 Å². The molecule has 1 heteroatoms. The van der Waals surface area contributed by atoms with Gasteiger partial charge in [-0.05, 0) is 41.2 Å². The van der Waals surface area contributed by atoms with Crippen LogP contribution >= 0.6 is 0 Å². The van der Waals surface area contributed by atoms with Crippen molar-refractivity contribution in [2.45, 2.75) is 32.6 Å². The highest BCUT2D eigenvalue weighted by Crippen LogP contribution is 2.36. The molecule has 0 heterocycles. The average molecular weight is 250 g/mol. The standard InChI is InChI=1S/C18H18O/c1-2-3-8-18(19)15-10-9-14-11-13-6-4-5-7-16(13)17(14)12-15/h4-7,9-10,12H,2-3,8,11H2,1H3. The molecule has 0 amide bonds. The van der Waals surface area contributed by atoms with Gasteiger partial charge in [-0.15, -0.1) is 0 Å². The number of hydrogen-bond donors (Lipinski definition) is 0. The molecule has 1 aliphatic rings. The second-order valence-electron chi connectivity index (χ2n) is 5.23. The predicted molar refractivity (Wildman–Crippen MR) is 78.5 cm³/mol. The van der Waals surface area contributed by atoms with Crippen molar-refractivity contribution in [1.29, 1.82) is 0 Å². The quantitative estimate of drug-likeness (QED) is 0.617. The van der Waals surface area contributed by atoms with Crippen molar-refractivity contribution in [1.82, 2.24) is 0 Å². The van der Waals surface area contributed by atoms with Gasteiger partial charge in [0.1, 0.15) is 0 Å². The number of fused-ring (bicyclic) bond motifs is 3. The van der Waals surface area contributed by atoms with E-state index < -0.39 is 0 Å². The molecule has 1 aliphatic carbocycles. The Morgan fingerprint density at radius 3 is 2.68 bits per heavy atom. The number of Topliss-reactive ketones (excluding diaryl/α,β-unsaturated/α-hetero) is 1. The van der Waals surface area contributed by atoms with Crippen LogP contribution in [0.25, 0.3) is 11.1 Å². The van der Waals surface area contributed by atoms with Crippen LogP contribution < -0.4 is 0 Å². The highest BCUT2D eigenvalue weighted by Gasteiger charge is 2.19. The Morgan fingerprint density at radius 1 is 1.05 bits per heavy atom. The maximum absolute atomic E-state index is 12.1. The molecule has 0 fully saturated rings. The number of carbonyl (C=O) groups excluding carboxylic acids is 1. The molecular weight excluding hydrogens is 232 g/mol. The summed E-state index contributed by atoms with van der Waals surface area (Å²) in [6.07, 6.45) is 3.71. The van der Waals surface area contributed by atoms with Gasteiger partial charge in [0, 0.05) is 12.0 Å². The molecule has 0 saturated carbocycles. The maximum atomic E-state index is 12.1. The number of ketones is 1. The normalized spacial score (nSPS) is 12.1. The second kappa shape index (κ2) is 5.00. The lowest BCUT2D eigenvalue weighted by molar-refractivity contribution is 0.0980. The smallest absolute Gasteiger partial charge is 0.162 e. The number of rotatable bonds is 4. The molecule has 0 N–H and O–H groups in total. The molecular formula is C18H18O. The van der Waals surface area contributed by atoms with Crippen LogP contribution in [0.3, 0.4) is 0 Å². The molecule has 2 aromatic rings. The van der Waals surface area contributed by atoms with E-state index >= 15 is 0 Å². The van der Waals surface area contributed by atoms with Crippen molar-refractivity contribution in [3.8, 4) is 11.1 Å². The topological polar surface area (TPSA) is 17.1 Å². The Balaban J connectivity index is 1.96. The summed E-state index contributed by atoms with van der Waals surface area (Å²) < 4.78 is 0. The molecule has 0 bridgehead atoms. The average Bonchev–Trinajstić information content (AvgIpc) is 2.82. The molecule has 0 saturated heterocycles. The maximum Gasteiger partial charge on any atom is 0.162 e. The number of carbonyl (C=O) groups is 1. The summed E-state index contributed by atoms with van der Waals surface area (Å²) in [5.41, 5.74) is 6.12. The first-order valence-electron chi connectivity index (χ1n) is 7.04. The fraction of sp³-hybridized carbons (Fsp3) is 0.278. The van der Waals surface area contributed by atoms with Gasteiger partial charge >= 0.3 is 0 Å². The molecule has 0 radical (unpaired) electrons. The van der Waals surface area contributed by atoms with Crippen molar-refractivity contribution < 1.29 is 4.79 Å². The number of hydrogen-bond acceptors (Lipinski definition) is 1. The molecule has 19 heavy (non-hydrogen) atoms. The molecule has 0 unspecified atom stereocenters. The van der Waals surface area contributed by atoms with Crippen LogP contribution in [0, 0.1) is 0 Å². The van der Waals surface area contributed by atoms with Gasteiger partial charge in [-0.3, -0.25) is 4.79 Å². The summed E-state index contributed by atoms with van der Waals surface area (Å²) >= 11 is 0. The fourth-order valence-electron chi connectivity index (χ4n) is 2.78. The van der Waals surface area contributed by atoms with Gasteiger partial charge in [-0.1, -0.05) is 49.7 Å².